The van der Waals surface area contributed by atoms with Crippen molar-refractivity contribution in [1.29, 1.82) is 0 Å². The van der Waals surface area contributed by atoms with Crippen LogP contribution in [0.4, 0.5) is 5.82 Å². The maximum Gasteiger partial charge on any atom is 0.300 e. The van der Waals surface area contributed by atoms with E-state index >= 15 is 0 Å². The van der Waals surface area contributed by atoms with E-state index in [0.29, 0.717) is 5.82 Å². The van der Waals surface area contributed by atoms with Crippen LogP contribution in [0.5, 0.6) is 0 Å². The van der Waals surface area contributed by atoms with Gasteiger partial charge in [-0.2, -0.15) is 4.99 Å². The monoisotopic (exact) mass is 195 g/mol. The number of imidazole rings is 1. The summed E-state index contributed by atoms with van der Waals surface area (Å²) in [5.74, 6) is -0.178. The highest BCUT2D eigenvalue weighted by Crippen LogP contribution is 2.11. The lowest BCUT2D eigenvalue weighted by molar-refractivity contribution is 0.1000. The van der Waals surface area contributed by atoms with Crippen molar-refractivity contribution in [3.63, 3.8) is 0 Å². The molecule has 0 bridgehead atoms. The van der Waals surface area contributed by atoms with E-state index in [1.807, 2.05) is 6.92 Å². The smallest absolute Gasteiger partial charge is 0.300 e. The Balaban J connectivity index is 2.94. The number of hydrogen-bond acceptors (Lipinski definition) is 3. The third-order valence-electron chi connectivity index (χ3n) is 1.74. The Morgan fingerprint density at radius 2 is 2.50 bits per heavy atom. The molecule has 0 aliphatic heterocycles. The minimum atomic E-state index is -0.514. The standard InChI is InChI=1S/C8H13N5O/c1-2-3-13-5-12-6(7(13)10)8(14)11-4-9/h4-5H,2-3,10H2,1H3,(H2,9,11,14). The highest BCUT2D eigenvalue weighted by atomic mass is 16.1. The molecule has 0 unspecified atom stereocenters. The van der Waals surface area contributed by atoms with Gasteiger partial charge in [0.05, 0.1) is 12.7 Å². The number of aromatic nitrogens is 2. The predicted octanol–water partition coefficient (Wildman–Crippen LogP) is 0.00250. The van der Waals surface area contributed by atoms with Gasteiger partial charge in [0.15, 0.2) is 5.69 Å². The summed E-state index contributed by atoms with van der Waals surface area (Å²) in [6.07, 6.45) is 3.38. The van der Waals surface area contributed by atoms with Gasteiger partial charge < -0.3 is 16.0 Å². The lowest BCUT2D eigenvalue weighted by Gasteiger charge is -2.01. The van der Waals surface area contributed by atoms with Crippen molar-refractivity contribution in [2.24, 2.45) is 10.7 Å². The topological polar surface area (TPSA) is 99.3 Å². The number of aliphatic imine (C=N–C) groups is 1. The number of carbonyl (C=O) groups excluding carboxylic acids is 1. The molecule has 0 aliphatic rings. The minimum absolute atomic E-state index is 0.153. The van der Waals surface area contributed by atoms with Crippen LogP contribution in [-0.4, -0.2) is 21.8 Å². The molecule has 1 rings (SSSR count). The van der Waals surface area contributed by atoms with E-state index < -0.39 is 5.91 Å². The summed E-state index contributed by atoms with van der Waals surface area (Å²) in [7, 11) is 0. The molecule has 0 fully saturated rings. The third kappa shape index (κ3) is 1.90. The van der Waals surface area contributed by atoms with E-state index in [1.165, 1.54) is 6.33 Å². The summed E-state index contributed by atoms with van der Waals surface area (Å²) in [5, 5.41) is 0. The first kappa shape index (κ1) is 10.2. The van der Waals surface area contributed by atoms with Gasteiger partial charge in [0.25, 0.3) is 0 Å². The molecule has 0 saturated heterocycles. The van der Waals surface area contributed by atoms with Crippen LogP contribution in [0.15, 0.2) is 11.3 Å². The quantitative estimate of drug-likeness (QED) is 0.523. The number of nitrogen functional groups attached to an aromatic ring is 1. The number of nitrogens with two attached hydrogens (primary N) is 2. The van der Waals surface area contributed by atoms with Crippen molar-refractivity contribution >= 4 is 18.1 Å². The van der Waals surface area contributed by atoms with Crippen LogP contribution in [0.3, 0.4) is 0 Å². The molecular weight excluding hydrogens is 182 g/mol. The molecule has 76 valence electrons. The highest BCUT2D eigenvalue weighted by molar-refractivity contribution is 6.00. The largest absolute Gasteiger partial charge is 0.390 e. The fourth-order valence-corrected chi connectivity index (χ4v) is 1.10. The Morgan fingerprint density at radius 1 is 1.79 bits per heavy atom. The van der Waals surface area contributed by atoms with Gasteiger partial charge in [0, 0.05) is 6.54 Å². The summed E-state index contributed by atoms with van der Waals surface area (Å²) in [6, 6.07) is 0. The van der Waals surface area contributed by atoms with Crippen LogP contribution in [0.25, 0.3) is 0 Å². The lowest BCUT2D eigenvalue weighted by atomic mass is 10.4. The van der Waals surface area contributed by atoms with E-state index in [0.717, 1.165) is 19.3 Å². The molecule has 6 heteroatoms. The van der Waals surface area contributed by atoms with Crippen LogP contribution >= 0.6 is 0 Å². The number of rotatable bonds is 3. The predicted molar refractivity (Wildman–Crippen MR) is 53.9 cm³/mol. The van der Waals surface area contributed by atoms with Gasteiger partial charge in [-0.3, -0.25) is 4.79 Å². The second-order valence-corrected chi connectivity index (χ2v) is 2.76. The average molecular weight is 195 g/mol. The summed E-state index contributed by atoms with van der Waals surface area (Å²) >= 11 is 0. The second-order valence-electron chi connectivity index (χ2n) is 2.76. The molecule has 6 nitrogen and oxygen atoms in total. The number of carbonyl (C=O) groups is 1. The molecule has 1 heterocycles. The zero-order chi connectivity index (χ0) is 10.6. The van der Waals surface area contributed by atoms with Crippen LogP contribution < -0.4 is 11.5 Å². The first-order valence-corrected chi connectivity index (χ1v) is 4.29. The summed E-state index contributed by atoms with van der Waals surface area (Å²) in [4.78, 5) is 18.5. The zero-order valence-corrected chi connectivity index (χ0v) is 7.97. The normalized spacial score (nSPS) is 10.9. The number of hydrogen-bond donors (Lipinski definition) is 2. The van der Waals surface area contributed by atoms with Crippen molar-refractivity contribution in [1.82, 2.24) is 9.55 Å². The van der Waals surface area contributed by atoms with Crippen LogP contribution in [0.2, 0.25) is 0 Å². The van der Waals surface area contributed by atoms with Gasteiger partial charge in [-0.1, -0.05) is 6.92 Å². The van der Waals surface area contributed by atoms with E-state index in [1.54, 1.807) is 4.57 Å². The molecule has 4 N–H and O–H groups in total. The Hall–Kier alpha value is -1.85. The first-order valence-electron chi connectivity index (χ1n) is 4.29. The summed E-state index contributed by atoms with van der Waals surface area (Å²) in [6.45, 7) is 2.75. The first-order chi connectivity index (χ1) is 6.70. The van der Waals surface area contributed by atoms with Gasteiger partial charge in [-0.05, 0) is 6.42 Å². The molecule has 0 saturated carbocycles. The summed E-state index contributed by atoms with van der Waals surface area (Å²) < 4.78 is 1.71. The van der Waals surface area contributed by atoms with Gasteiger partial charge in [0.2, 0.25) is 0 Å². The fourth-order valence-electron chi connectivity index (χ4n) is 1.10. The van der Waals surface area contributed by atoms with E-state index in [4.69, 9.17) is 11.5 Å². The molecule has 1 aromatic heterocycles. The molecule has 0 spiro atoms. The van der Waals surface area contributed by atoms with Gasteiger partial charge >= 0.3 is 5.91 Å². The maximum absolute atomic E-state index is 11.2. The molecule has 1 aromatic rings. The molecule has 0 aliphatic carbocycles. The Bertz CT molecular complexity index is 355. The van der Waals surface area contributed by atoms with E-state index in [-0.39, 0.29) is 5.69 Å². The van der Waals surface area contributed by atoms with Crippen LogP contribution in [0.1, 0.15) is 23.8 Å². The van der Waals surface area contributed by atoms with Crippen molar-refractivity contribution in [2.75, 3.05) is 5.73 Å². The molecule has 0 aromatic carbocycles. The SMILES string of the molecule is CCCn1cnc(C(=O)N=CN)c1N. The van der Waals surface area contributed by atoms with Crippen molar-refractivity contribution in [2.45, 2.75) is 19.9 Å². The van der Waals surface area contributed by atoms with Crippen molar-refractivity contribution in [3.05, 3.63) is 12.0 Å². The summed E-state index contributed by atoms with van der Waals surface area (Å²) in [5.41, 5.74) is 10.8. The number of amides is 1. The third-order valence-corrected chi connectivity index (χ3v) is 1.74. The number of anilines is 1. The van der Waals surface area contributed by atoms with Crippen molar-refractivity contribution in [3.8, 4) is 0 Å². The number of aryl methyl sites for hydroxylation is 1. The Kier molecular flexibility index (Phi) is 3.22. The molecule has 1 amide bonds. The molecule has 14 heavy (non-hydrogen) atoms. The lowest BCUT2D eigenvalue weighted by Crippen LogP contribution is -2.06. The van der Waals surface area contributed by atoms with Gasteiger partial charge in [-0.25, -0.2) is 4.98 Å². The van der Waals surface area contributed by atoms with E-state index in [9.17, 15) is 4.79 Å². The Morgan fingerprint density at radius 3 is 3.07 bits per heavy atom. The maximum atomic E-state index is 11.2. The number of nitrogens with zero attached hydrogens (tertiary/aromatic N) is 3. The van der Waals surface area contributed by atoms with Gasteiger partial charge in [-0.15, -0.1) is 0 Å². The molecule has 0 atom stereocenters. The van der Waals surface area contributed by atoms with Gasteiger partial charge in [0.1, 0.15) is 5.82 Å². The highest BCUT2D eigenvalue weighted by Gasteiger charge is 2.13. The fraction of sp³-hybridized carbons (Fsp3) is 0.375. The molecule has 0 radical (unpaired) electrons. The zero-order valence-electron chi connectivity index (χ0n) is 7.97. The molecular formula is C8H13N5O. The second kappa shape index (κ2) is 4.40. The minimum Gasteiger partial charge on any atom is -0.390 e. The van der Waals surface area contributed by atoms with Crippen LogP contribution in [0, 0.1) is 0 Å². The van der Waals surface area contributed by atoms with Crippen LogP contribution in [-0.2, 0) is 6.54 Å². The van der Waals surface area contributed by atoms with Crippen molar-refractivity contribution < 1.29 is 4.79 Å². The Labute approximate surface area is 81.6 Å². The van der Waals surface area contributed by atoms with E-state index in [2.05, 4.69) is 9.98 Å². The average Bonchev–Trinajstić information content (AvgIpc) is 2.49.